The molecule has 58 heavy (non-hydrogen) atoms. The number of aromatic hydroxyl groups is 6. The van der Waals surface area contributed by atoms with Crippen LogP contribution >= 0.6 is 0 Å². The van der Waals surface area contributed by atoms with Gasteiger partial charge in [0, 0.05) is 11.1 Å². The molecule has 3 heterocycles. The third kappa shape index (κ3) is 4.53. The molecule has 0 amide bonds. The molecule has 7 fully saturated rings. The van der Waals surface area contributed by atoms with E-state index in [1.54, 1.807) is 0 Å². The molecular formula is C44H54O14. The molecule has 10 rings (SSSR count). The van der Waals surface area contributed by atoms with Gasteiger partial charge in [-0.2, -0.15) is 0 Å². The fourth-order valence-electron chi connectivity index (χ4n) is 15.0. The van der Waals surface area contributed by atoms with Crippen LogP contribution in [0.25, 0.3) is 11.1 Å². The highest BCUT2D eigenvalue weighted by atomic mass is 16.6. The third-order valence-electron chi connectivity index (χ3n) is 18.1. The minimum Gasteiger partial charge on any atom is -0.504 e. The zero-order chi connectivity index (χ0) is 41.9. The molecule has 0 aromatic heterocycles. The predicted molar refractivity (Wildman–Crippen MR) is 203 cm³/mol. The highest BCUT2D eigenvalue weighted by Crippen LogP contribution is 2.78. The van der Waals surface area contributed by atoms with Crippen molar-refractivity contribution >= 4 is 17.9 Å². The van der Waals surface area contributed by atoms with E-state index in [2.05, 4.69) is 34.6 Å². The lowest BCUT2D eigenvalue weighted by Crippen LogP contribution is -2.73. The molecule has 0 radical (unpaired) electrons. The van der Waals surface area contributed by atoms with Crippen molar-refractivity contribution in [3.63, 3.8) is 0 Å². The summed E-state index contributed by atoms with van der Waals surface area (Å²) >= 11 is 0. The van der Waals surface area contributed by atoms with E-state index in [0.29, 0.717) is 12.8 Å². The molecule has 13 atom stereocenters. The van der Waals surface area contributed by atoms with Crippen LogP contribution in [0.2, 0.25) is 0 Å². The molecule has 314 valence electrons. The van der Waals surface area contributed by atoms with Gasteiger partial charge in [0.25, 0.3) is 0 Å². The molecular weight excluding hydrogens is 752 g/mol. The summed E-state index contributed by atoms with van der Waals surface area (Å²) in [7, 11) is 0. The Hall–Kier alpha value is -4.43. The summed E-state index contributed by atoms with van der Waals surface area (Å²) in [6, 6.07) is 1.52. The van der Waals surface area contributed by atoms with Gasteiger partial charge in [-0.05, 0) is 123 Å². The van der Waals surface area contributed by atoms with Crippen molar-refractivity contribution in [3.8, 4) is 45.6 Å². The van der Waals surface area contributed by atoms with Crippen LogP contribution in [0.4, 0.5) is 0 Å². The first-order valence-electron chi connectivity index (χ1n) is 20.6. The largest absolute Gasteiger partial charge is 0.504 e. The molecule has 5 saturated carbocycles. The van der Waals surface area contributed by atoms with Crippen LogP contribution in [0.1, 0.15) is 113 Å². The van der Waals surface area contributed by atoms with Gasteiger partial charge in [-0.3, -0.25) is 4.79 Å². The standard InChI is InChI=1S/C44H54O14/c1-19-30-22-6-7-26-39(2)16-25(48)35-44(17-45,27(39)8-9-41(26,4)40(22,3)10-12-43(30)13-11-42(19,5)58-38(43)55)18-56-36(53)20-14-23(46)31(49)33(51)28(20)29-21(37(54)57-35)15-24(47)32(50)34(29)52/h14-15,19,22,25-27,30,35,45-52H,6-13,16-18H2,1-5H3/t19-,22?,25+,26?,27?,30?,35-,39+,40+,41+,42-,43+,44+/m0/s1. The van der Waals surface area contributed by atoms with Gasteiger partial charge in [-0.15, -0.1) is 0 Å². The van der Waals surface area contributed by atoms with Gasteiger partial charge in [-0.1, -0.05) is 27.7 Å². The van der Waals surface area contributed by atoms with Gasteiger partial charge < -0.3 is 55.1 Å². The molecule has 2 saturated heterocycles. The number of cyclic esters (lactones) is 1. The number of phenols is 6. The van der Waals surface area contributed by atoms with Crippen molar-refractivity contribution in [3.05, 3.63) is 23.3 Å². The quantitative estimate of drug-likeness (QED) is 0.0991. The smallest absolute Gasteiger partial charge is 0.339 e. The second-order valence-corrected chi connectivity index (χ2v) is 19.9. The molecule has 8 N–H and O–H groups in total. The third-order valence-corrected chi connectivity index (χ3v) is 18.1. The lowest BCUT2D eigenvalue weighted by molar-refractivity contribution is -0.300. The van der Waals surface area contributed by atoms with Crippen molar-refractivity contribution in [1.82, 2.24) is 0 Å². The van der Waals surface area contributed by atoms with Crippen molar-refractivity contribution in [1.29, 1.82) is 0 Å². The highest BCUT2D eigenvalue weighted by molar-refractivity contribution is 6.08. The van der Waals surface area contributed by atoms with Crippen LogP contribution in [0.5, 0.6) is 34.5 Å². The summed E-state index contributed by atoms with van der Waals surface area (Å²) in [5, 5.41) is 88.2. The first kappa shape index (κ1) is 39.1. The van der Waals surface area contributed by atoms with E-state index < -0.39 is 122 Å². The summed E-state index contributed by atoms with van der Waals surface area (Å²) in [5.41, 5.74) is -6.40. The van der Waals surface area contributed by atoms with Crippen molar-refractivity contribution in [2.75, 3.05) is 13.2 Å². The topological polar surface area (TPSA) is 241 Å². The molecule has 4 unspecified atom stereocenters. The van der Waals surface area contributed by atoms with Crippen molar-refractivity contribution in [2.45, 2.75) is 110 Å². The Kier molecular flexibility index (Phi) is 8.14. The number of fused-ring (bicyclic) bond motifs is 12. The number of carbonyl (C=O) groups is 3. The molecule has 2 aromatic rings. The van der Waals surface area contributed by atoms with Gasteiger partial charge in [-0.25, -0.2) is 9.59 Å². The normalized spacial score (nSPS) is 44.0. The van der Waals surface area contributed by atoms with Gasteiger partial charge in [0.2, 0.25) is 11.5 Å². The van der Waals surface area contributed by atoms with Crippen LogP contribution in [0.3, 0.4) is 0 Å². The number of benzene rings is 2. The lowest BCUT2D eigenvalue weighted by Gasteiger charge is -2.75. The second-order valence-electron chi connectivity index (χ2n) is 19.9. The number of hydrogen-bond acceptors (Lipinski definition) is 14. The average Bonchev–Trinajstić information content (AvgIpc) is 3.18. The SMILES string of the molecule is C[C@H]1C2C3CCC4[C@@]5(C)C[C@@H](O)[C@@H]6OC(=O)c7cc(O)c(O)c(O)c7-c7c(cc(O)c(O)c7O)C(=O)OC[C@]6(CO)C5CC[C@@]4(C)[C@]3(C)CC[C@@]23CC[C@]1(C)OC3=O. The molecule has 14 heteroatoms. The van der Waals surface area contributed by atoms with Gasteiger partial charge in [0.05, 0.1) is 34.7 Å². The monoisotopic (exact) mass is 806 g/mol. The number of carbonyl (C=O) groups excluding carboxylic acids is 3. The minimum absolute atomic E-state index is 0.00600. The number of rotatable bonds is 1. The molecule has 14 nitrogen and oxygen atoms in total. The number of phenolic OH excluding ortho intramolecular Hbond substituents is 6. The molecule has 5 aliphatic carbocycles. The summed E-state index contributed by atoms with van der Waals surface area (Å²) in [6.45, 7) is 9.96. The van der Waals surface area contributed by atoms with Gasteiger partial charge in [0.15, 0.2) is 23.0 Å². The second kappa shape index (κ2) is 12.1. The maximum Gasteiger partial charge on any atom is 0.339 e. The maximum absolute atomic E-state index is 14.4. The lowest BCUT2D eigenvalue weighted by atomic mass is 9.30. The van der Waals surface area contributed by atoms with E-state index in [4.69, 9.17) is 14.2 Å². The van der Waals surface area contributed by atoms with Crippen LogP contribution in [-0.4, -0.2) is 89.8 Å². The van der Waals surface area contributed by atoms with Gasteiger partial charge >= 0.3 is 17.9 Å². The maximum atomic E-state index is 14.4. The number of hydrogen-bond donors (Lipinski definition) is 8. The van der Waals surface area contributed by atoms with E-state index in [0.717, 1.165) is 50.7 Å². The molecule has 1 spiro atoms. The Morgan fingerprint density at radius 2 is 1.33 bits per heavy atom. The molecule has 2 bridgehead atoms. The molecule has 2 aromatic carbocycles. The number of ether oxygens (including phenoxy) is 3. The van der Waals surface area contributed by atoms with E-state index in [-0.39, 0.29) is 46.9 Å². The Labute approximate surface area is 335 Å². The Morgan fingerprint density at radius 1 is 0.724 bits per heavy atom. The molecule has 8 aliphatic rings. The predicted octanol–water partition coefficient (Wildman–Crippen LogP) is 5.62. The Bertz CT molecular complexity index is 2170. The summed E-state index contributed by atoms with van der Waals surface area (Å²) < 4.78 is 18.2. The zero-order valence-electron chi connectivity index (χ0n) is 33.5. The van der Waals surface area contributed by atoms with Crippen LogP contribution in [-0.2, 0) is 19.0 Å². The number of aliphatic hydroxyl groups is 2. The highest BCUT2D eigenvalue weighted by Gasteiger charge is 2.76. The Morgan fingerprint density at radius 3 is 1.93 bits per heavy atom. The fourth-order valence-corrected chi connectivity index (χ4v) is 15.0. The van der Waals surface area contributed by atoms with Gasteiger partial charge in [0.1, 0.15) is 18.3 Å². The van der Waals surface area contributed by atoms with Crippen molar-refractivity contribution < 1.29 is 69.4 Å². The van der Waals surface area contributed by atoms with Crippen LogP contribution < -0.4 is 0 Å². The van der Waals surface area contributed by atoms with E-state index >= 15 is 0 Å². The van der Waals surface area contributed by atoms with Crippen LogP contribution in [0.15, 0.2) is 12.1 Å². The van der Waals surface area contributed by atoms with Crippen LogP contribution in [0, 0.1) is 56.7 Å². The number of esters is 3. The summed E-state index contributed by atoms with van der Waals surface area (Å²) in [5.74, 6) is -8.74. The summed E-state index contributed by atoms with van der Waals surface area (Å²) in [6.07, 6.45) is 3.46. The van der Waals surface area contributed by atoms with E-state index in [1.165, 1.54) is 0 Å². The average molecular weight is 807 g/mol. The first-order chi connectivity index (χ1) is 27.2. The zero-order valence-corrected chi connectivity index (χ0v) is 33.5. The van der Waals surface area contributed by atoms with E-state index in [9.17, 15) is 55.2 Å². The number of aliphatic hydroxyl groups excluding tert-OH is 2. The fraction of sp³-hybridized carbons (Fsp3) is 0.659. The Balaban J connectivity index is 1.14. The van der Waals surface area contributed by atoms with E-state index in [1.807, 2.05) is 0 Å². The van der Waals surface area contributed by atoms with Crippen molar-refractivity contribution in [2.24, 2.45) is 56.7 Å². The molecule has 3 aliphatic heterocycles. The minimum atomic E-state index is -1.59. The first-order valence-corrected chi connectivity index (χ1v) is 20.6. The summed E-state index contributed by atoms with van der Waals surface area (Å²) in [4.78, 5) is 42.3.